The Balaban J connectivity index is 1.88. The minimum atomic E-state index is -1.07. The molecule has 0 amide bonds. The summed E-state index contributed by atoms with van der Waals surface area (Å²) in [6, 6.07) is 0. The molecule has 108 valence electrons. The maximum absolute atomic E-state index is 11.9. The number of rotatable bonds is 0. The van der Waals surface area contributed by atoms with Crippen molar-refractivity contribution in [2.45, 2.75) is 49.6 Å². The summed E-state index contributed by atoms with van der Waals surface area (Å²) in [5, 5.41) is 10.9. The summed E-state index contributed by atoms with van der Waals surface area (Å²) in [5.74, 6) is -0.669. The standard InChI is InChI=1S/C15H18O5/c1-8-9-4-5-14(3,17)15-7-6-13(2,19-20-15)11(15)10(9)18-12(8)16/h6-7,9-11,17H,1,4-5H2,2-3H3/t9-,10-,11-,13+,14+,15-/m0/s1. The fourth-order valence-corrected chi connectivity index (χ4v) is 4.32. The van der Waals surface area contributed by atoms with Crippen LogP contribution in [0.3, 0.4) is 0 Å². The fraction of sp³-hybridized carbons (Fsp3) is 0.667. The smallest absolute Gasteiger partial charge is 0.334 e. The summed E-state index contributed by atoms with van der Waals surface area (Å²) in [7, 11) is 0. The highest BCUT2D eigenvalue weighted by Crippen LogP contribution is 2.61. The van der Waals surface area contributed by atoms with Gasteiger partial charge in [-0.1, -0.05) is 12.7 Å². The van der Waals surface area contributed by atoms with Crippen molar-refractivity contribution in [3.8, 4) is 0 Å². The first-order valence-corrected chi connectivity index (χ1v) is 7.00. The molecular formula is C15H18O5. The third kappa shape index (κ3) is 1.18. The monoisotopic (exact) mass is 278 g/mol. The molecule has 0 aromatic heterocycles. The number of carbonyl (C=O) groups is 1. The number of ether oxygens (including phenoxy) is 1. The van der Waals surface area contributed by atoms with Crippen LogP contribution in [-0.4, -0.2) is 34.0 Å². The van der Waals surface area contributed by atoms with Crippen molar-refractivity contribution in [3.05, 3.63) is 24.3 Å². The van der Waals surface area contributed by atoms with Crippen LogP contribution in [0.15, 0.2) is 24.3 Å². The summed E-state index contributed by atoms with van der Waals surface area (Å²) in [4.78, 5) is 22.9. The predicted octanol–water partition coefficient (Wildman–Crippen LogP) is 1.27. The van der Waals surface area contributed by atoms with Gasteiger partial charge in [0.25, 0.3) is 0 Å². The van der Waals surface area contributed by atoms with Crippen LogP contribution < -0.4 is 0 Å². The van der Waals surface area contributed by atoms with Crippen molar-refractivity contribution in [2.75, 3.05) is 0 Å². The molecule has 20 heavy (non-hydrogen) atoms. The minimum absolute atomic E-state index is 0.0784. The van der Waals surface area contributed by atoms with Gasteiger partial charge in [0.05, 0.1) is 11.5 Å². The topological polar surface area (TPSA) is 65.0 Å². The van der Waals surface area contributed by atoms with Crippen LogP contribution in [0.1, 0.15) is 26.7 Å². The average molecular weight is 278 g/mol. The summed E-state index contributed by atoms with van der Waals surface area (Å²) >= 11 is 0. The second-order valence-electron chi connectivity index (χ2n) is 6.77. The van der Waals surface area contributed by atoms with Crippen LogP contribution in [-0.2, 0) is 19.3 Å². The van der Waals surface area contributed by atoms with Gasteiger partial charge in [-0.15, -0.1) is 0 Å². The van der Waals surface area contributed by atoms with Gasteiger partial charge in [0.15, 0.2) is 5.60 Å². The molecule has 0 unspecified atom stereocenters. The Bertz CT molecular complexity index is 550. The van der Waals surface area contributed by atoms with Gasteiger partial charge < -0.3 is 9.84 Å². The first-order chi connectivity index (χ1) is 9.31. The lowest BCUT2D eigenvalue weighted by Crippen LogP contribution is -2.56. The number of hydrogen-bond donors (Lipinski definition) is 1. The molecular weight excluding hydrogens is 260 g/mol. The third-order valence-corrected chi connectivity index (χ3v) is 5.56. The van der Waals surface area contributed by atoms with E-state index in [1.54, 1.807) is 6.92 Å². The highest BCUT2D eigenvalue weighted by atomic mass is 17.2. The molecule has 6 atom stereocenters. The van der Waals surface area contributed by atoms with Crippen molar-refractivity contribution in [3.63, 3.8) is 0 Å². The van der Waals surface area contributed by atoms with Gasteiger partial charge in [-0.25, -0.2) is 14.6 Å². The molecule has 0 aromatic carbocycles. The number of fused-ring (bicyclic) bond motifs is 1. The number of aliphatic hydroxyl groups is 1. The molecule has 2 aliphatic heterocycles. The number of carbonyl (C=O) groups excluding carboxylic acids is 1. The van der Waals surface area contributed by atoms with E-state index >= 15 is 0 Å². The highest BCUT2D eigenvalue weighted by molar-refractivity contribution is 5.91. The van der Waals surface area contributed by atoms with E-state index in [2.05, 4.69) is 6.58 Å². The number of hydrogen-bond acceptors (Lipinski definition) is 5. The van der Waals surface area contributed by atoms with Crippen LogP contribution >= 0.6 is 0 Å². The maximum atomic E-state index is 11.9. The molecule has 2 bridgehead atoms. The van der Waals surface area contributed by atoms with Crippen LogP contribution in [0, 0.1) is 11.8 Å². The molecule has 1 N–H and O–H groups in total. The Labute approximate surface area is 117 Å². The van der Waals surface area contributed by atoms with E-state index in [0.29, 0.717) is 18.4 Å². The molecule has 0 radical (unpaired) electrons. The lowest BCUT2D eigenvalue weighted by atomic mass is 9.71. The average Bonchev–Trinajstić information content (AvgIpc) is 2.92. The molecule has 2 heterocycles. The van der Waals surface area contributed by atoms with E-state index in [1.807, 2.05) is 19.1 Å². The highest BCUT2D eigenvalue weighted by Gasteiger charge is 2.73. The minimum Gasteiger partial charge on any atom is -0.458 e. The summed E-state index contributed by atoms with van der Waals surface area (Å²) < 4.78 is 5.56. The maximum Gasteiger partial charge on any atom is 0.334 e. The molecule has 4 rings (SSSR count). The zero-order chi connectivity index (χ0) is 14.3. The zero-order valence-corrected chi connectivity index (χ0v) is 11.6. The largest absolute Gasteiger partial charge is 0.458 e. The van der Waals surface area contributed by atoms with Crippen molar-refractivity contribution < 1.29 is 24.4 Å². The first kappa shape index (κ1) is 12.6. The van der Waals surface area contributed by atoms with E-state index in [0.717, 1.165) is 0 Å². The molecule has 0 spiro atoms. The van der Waals surface area contributed by atoms with E-state index < -0.39 is 16.8 Å². The normalized spacial score (nSPS) is 56.5. The predicted molar refractivity (Wildman–Crippen MR) is 68.3 cm³/mol. The van der Waals surface area contributed by atoms with E-state index in [1.165, 1.54) is 0 Å². The molecule has 5 nitrogen and oxygen atoms in total. The first-order valence-electron chi connectivity index (χ1n) is 7.00. The molecule has 2 aliphatic carbocycles. The molecule has 1 saturated carbocycles. The second-order valence-corrected chi connectivity index (χ2v) is 6.77. The zero-order valence-electron chi connectivity index (χ0n) is 11.6. The fourth-order valence-electron chi connectivity index (χ4n) is 4.32. The van der Waals surface area contributed by atoms with Crippen LogP contribution in [0.5, 0.6) is 0 Å². The SMILES string of the molecule is C=C1C(=O)O[C@H]2[C@H]1CC[C@@](C)(O)[C@@]13C=C[C@@](C)(OO1)[C@H]23. The van der Waals surface area contributed by atoms with Gasteiger partial charge in [-0.3, -0.25) is 0 Å². The Morgan fingerprint density at radius 3 is 2.75 bits per heavy atom. The van der Waals surface area contributed by atoms with Gasteiger partial charge in [0.2, 0.25) is 0 Å². The molecule has 4 aliphatic rings. The van der Waals surface area contributed by atoms with Gasteiger partial charge in [0, 0.05) is 11.5 Å². The Morgan fingerprint density at radius 1 is 1.35 bits per heavy atom. The second kappa shape index (κ2) is 3.35. The van der Waals surface area contributed by atoms with Crippen molar-refractivity contribution in [1.82, 2.24) is 0 Å². The Kier molecular flexibility index (Phi) is 2.10. The van der Waals surface area contributed by atoms with Crippen LogP contribution in [0.2, 0.25) is 0 Å². The molecule has 0 aromatic rings. The van der Waals surface area contributed by atoms with Crippen LogP contribution in [0.25, 0.3) is 0 Å². The summed E-state index contributed by atoms with van der Waals surface area (Å²) in [6.45, 7) is 7.52. The van der Waals surface area contributed by atoms with Crippen molar-refractivity contribution in [2.24, 2.45) is 11.8 Å². The number of esters is 1. The van der Waals surface area contributed by atoms with E-state index in [9.17, 15) is 9.90 Å². The van der Waals surface area contributed by atoms with Gasteiger partial charge in [-0.05, 0) is 32.8 Å². The molecule has 2 saturated heterocycles. The van der Waals surface area contributed by atoms with Crippen molar-refractivity contribution >= 4 is 5.97 Å². The quantitative estimate of drug-likeness (QED) is 0.313. The third-order valence-electron chi connectivity index (χ3n) is 5.56. The van der Waals surface area contributed by atoms with Gasteiger partial charge in [0.1, 0.15) is 11.7 Å². The molecule has 5 heteroatoms. The Hall–Kier alpha value is -1.17. The summed E-state index contributed by atoms with van der Waals surface area (Å²) in [6.07, 6.45) is 4.59. The van der Waals surface area contributed by atoms with Crippen molar-refractivity contribution in [1.29, 1.82) is 0 Å². The van der Waals surface area contributed by atoms with E-state index in [-0.39, 0.29) is 23.9 Å². The lowest BCUT2D eigenvalue weighted by Gasteiger charge is -2.39. The van der Waals surface area contributed by atoms with Gasteiger partial charge >= 0.3 is 5.97 Å². The lowest BCUT2D eigenvalue weighted by molar-refractivity contribution is -0.360. The summed E-state index contributed by atoms with van der Waals surface area (Å²) in [5.41, 5.74) is -2.20. The Morgan fingerprint density at radius 2 is 2.10 bits per heavy atom. The molecule has 3 fully saturated rings. The van der Waals surface area contributed by atoms with Crippen LogP contribution in [0.4, 0.5) is 0 Å². The van der Waals surface area contributed by atoms with E-state index in [4.69, 9.17) is 14.5 Å². The van der Waals surface area contributed by atoms with Gasteiger partial charge in [-0.2, -0.15) is 0 Å².